The lowest BCUT2D eigenvalue weighted by Gasteiger charge is -2.13. The molecule has 0 aliphatic carbocycles. The molecule has 0 aromatic heterocycles. The van der Waals surface area contributed by atoms with Crippen LogP contribution in [-0.4, -0.2) is 18.3 Å². The number of nitrogens with zero attached hydrogens (tertiary/aromatic N) is 1. The zero-order valence-electron chi connectivity index (χ0n) is 12.7. The molecule has 0 spiro atoms. The van der Waals surface area contributed by atoms with Gasteiger partial charge in [-0.15, -0.1) is 0 Å². The van der Waals surface area contributed by atoms with Crippen molar-refractivity contribution in [3.05, 3.63) is 64.1 Å². The highest BCUT2D eigenvalue weighted by Gasteiger charge is 2.17. The Labute approximate surface area is 135 Å². The van der Waals surface area contributed by atoms with E-state index >= 15 is 0 Å². The molecular formula is C18H21BrN2. The molecule has 1 unspecified atom stereocenters. The number of rotatable bonds is 1. The lowest BCUT2D eigenvalue weighted by Crippen LogP contribution is -2.17. The third-order valence-corrected chi connectivity index (χ3v) is 3.70. The molecule has 0 bridgehead atoms. The van der Waals surface area contributed by atoms with Crippen LogP contribution in [0.15, 0.2) is 58.0 Å². The third kappa shape index (κ3) is 3.73. The van der Waals surface area contributed by atoms with Gasteiger partial charge in [0.1, 0.15) is 0 Å². The Morgan fingerprint density at radius 2 is 1.81 bits per heavy atom. The monoisotopic (exact) mass is 344 g/mol. The molecule has 0 amide bonds. The molecular weight excluding hydrogens is 324 g/mol. The molecule has 2 nitrogen and oxygen atoms in total. The van der Waals surface area contributed by atoms with Gasteiger partial charge in [-0.05, 0) is 25.1 Å². The molecule has 1 atom stereocenters. The highest BCUT2D eigenvalue weighted by atomic mass is 79.9. The number of anilines is 1. The Morgan fingerprint density at radius 3 is 2.52 bits per heavy atom. The Kier molecular flexibility index (Phi) is 5.57. The average Bonchev–Trinajstić information content (AvgIpc) is 2.68. The van der Waals surface area contributed by atoms with E-state index in [9.17, 15) is 0 Å². The zero-order valence-corrected chi connectivity index (χ0v) is 14.3. The lowest BCUT2D eigenvalue weighted by molar-refractivity contribution is 0.811. The predicted molar refractivity (Wildman–Crippen MR) is 95.5 cm³/mol. The Morgan fingerprint density at radius 1 is 1.10 bits per heavy atom. The fraction of sp³-hybridized carbons (Fsp3) is 0.278. The van der Waals surface area contributed by atoms with Gasteiger partial charge in [0, 0.05) is 27.3 Å². The molecule has 110 valence electrons. The molecule has 3 heteroatoms. The van der Waals surface area contributed by atoms with Crippen LogP contribution in [0.5, 0.6) is 0 Å². The van der Waals surface area contributed by atoms with Gasteiger partial charge in [-0.25, -0.2) is 0 Å². The second kappa shape index (κ2) is 7.41. The van der Waals surface area contributed by atoms with E-state index in [2.05, 4.69) is 70.6 Å². The van der Waals surface area contributed by atoms with Crippen LogP contribution < -0.4 is 5.32 Å². The van der Waals surface area contributed by atoms with Crippen LogP contribution in [0.4, 0.5) is 5.69 Å². The quantitative estimate of drug-likeness (QED) is 0.762. The third-order valence-electron chi connectivity index (χ3n) is 3.21. The van der Waals surface area contributed by atoms with Crippen LogP contribution >= 0.6 is 15.9 Å². The number of benzene rings is 2. The molecule has 0 radical (unpaired) electrons. The molecule has 0 saturated heterocycles. The number of halogens is 1. The maximum Gasteiger partial charge on any atom is 0.0740 e. The van der Waals surface area contributed by atoms with E-state index in [1.165, 1.54) is 0 Å². The van der Waals surface area contributed by atoms with Gasteiger partial charge in [0.2, 0.25) is 0 Å². The van der Waals surface area contributed by atoms with Crippen LogP contribution in [0.2, 0.25) is 0 Å². The van der Waals surface area contributed by atoms with E-state index < -0.39 is 0 Å². The molecule has 2 aromatic rings. The summed E-state index contributed by atoms with van der Waals surface area (Å²) in [6.45, 7) is 6.94. The van der Waals surface area contributed by atoms with Gasteiger partial charge >= 0.3 is 0 Å². The summed E-state index contributed by atoms with van der Waals surface area (Å²) in [5, 5.41) is 3.51. The van der Waals surface area contributed by atoms with Gasteiger partial charge in [-0.3, -0.25) is 4.99 Å². The van der Waals surface area contributed by atoms with Crippen molar-refractivity contribution in [3.63, 3.8) is 0 Å². The zero-order chi connectivity index (χ0) is 15.2. The number of nitrogens with one attached hydrogen (secondary N) is 1. The van der Waals surface area contributed by atoms with Crippen molar-refractivity contribution in [1.29, 1.82) is 0 Å². The van der Waals surface area contributed by atoms with Crippen molar-refractivity contribution >= 4 is 27.3 Å². The molecule has 0 saturated carbocycles. The minimum Gasteiger partial charge on any atom is -0.380 e. The fourth-order valence-corrected chi connectivity index (χ4v) is 2.67. The molecule has 0 fully saturated rings. The van der Waals surface area contributed by atoms with Crippen LogP contribution in [0, 0.1) is 0 Å². The van der Waals surface area contributed by atoms with Gasteiger partial charge in [-0.1, -0.05) is 60.1 Å². The van der Waals surface area contributed by atoms with Crippen molar-refractivity contribution in [3.8, 4) is 0 Å². The summed E-state index contributed by atoms with van der Waals surface area (Å²) in [6, 6.07) is 17.0. The summed E-state index contributed by atoms with van der Waals surface area (Å²) in [5.41, 5.74) is 4.53. The normalized spacial score (nSPS) is 16.6. The topological polar surface area (TPSA) is 24.4 Å². The Hall–Kier alpha value is -1.61. The first-order valence-electron chi connectivity index (χ1n) is 7.40. The summed E-state index contributed by atoms with van der Waals surface area (Å²) in [6.07, 6.45) is 0. The SMILES string of the molecule is CC.CC1CN=C(c2ccccc2)c2cc(Br)ccc2N1. The molecule has 1 aliphatic rings. The van der Waals surface area contributed by atoms with Gasteiger partial charge in [0.05, 0.1) is 12.3 Å². The molecule has 1 N–H and O–H groups in total. The van der Waals surface area contributed by atoms with Crippen molar-refractivity contribution in [2.24, 2.45) is 4.99 Å². The van der Waals surface area contributed by atoms with Crippen molar-refractivity contribution in [2.75, 3.05) is 11.9 Å². The smallest absolute Gasteiger partial charge is 0.0740 e. The van der Waals surface area contributed by atoms with Crippen LogP contribution in [0.1, 0.15) is 31.9 Å². The Balaban J connectivity index is 0.000000774. The summed E-state index contributed by atoms with van der Waals surface area (Å²) in [5.74, 6) is 0. The van der Waals surface area contributed by atoms with E-state index in [0.717, 1.165) is 33.5 Å². The molecule has 2 aromatic carbocycles. The number of hydrogen-bond acceptors (Lipinski definition) is 2. The van der Waals surface area contributed by atoms with Crippen molar-refractivity contribution < 1.29 is 0 Å². The van der Waals surface area contributed by atoms with Gasteiger partial charge in [0.25, 0.3) is 0 Å². The van der Waals surface area contributed by atoms with Crippen LogP contribution in [0.3, 0.4) is 0 Å². The second-order valence-electron chi connectivity index (χ2n) is 4.79. The first-order chi connectivity index (χ1) is 10.2. The summed E-state index contributed by atoms with van der Waals surface area (Å²) < 4.78 is 1.08. The van der Waals surface area contributed by atoms with E-state index in [1.54, 1.807) is 0 Å². The number of hydrogen-bond donors (Lipinski definition) is 1. The predicted octanol–water partition coefficient (Wildman–Crippen LogP) is 5.13. The maximum absolute atomic E-state index is 4.79. The van der Waals surface area contributed by atoms with Gasteiger partial charge in [-0.2, -0.15) is 0 Å². The standard InChI is InChI=1S/C16H15BrN2.C2H6/c1-11-10-18-16(12-5-3-2-4-6-12)14-9-13(17)7-8-15(14)19-11;1-2/h2-9,11,19H,10H2,1H3;1-2H3. The Bertz CT molecular complexity index is 620. The molecule has 3 rings (SSSR count). The first kappa shape index (κ1) is 15.8. The minimum absolute atomic E-state index is 0.348. The van der Waals surface area contributed by atoms with Crippen LogP contribution in [0.25, 0.3) is 0 Å². The van der Waals surface area contributed by atoms with E-state index in [4.69, 9.17) is 4.99 Å². The molecule has 1 aliphatic heterocycles. The van der Waals surface area contributed by atoms with E-state index in [-0.39, 0.29) is 0 Å². The van der Waals surface area contributed by atoms with E-state index in [0.29, 0.717) is 6.04 Å². The number of fused-ring (bicyclic) bond motifs is 1. The lowest BCUT2D eigenvalue weighted by atomic mass is 10.0. The van der Waals surface area contributed by atoms with Crippen LogP contribution in [-0.2, 0) is 0 Å². The van der Waals surface area contributed by atoms with Crippen molar-refractivity contribution in [2.45, 2.75) is 26.8 Å². The molecule has 1 heterocycles. The van der Waals surface area contributed by atoms with Gasteiger partial charge in [0.15, 0.2) is 0 Å². The summed E-state index contributed by atoms with van der Waals surface area (Å²) >= 11 is 3.55. The number of benzodiazepines with no additional fused rings is 1. The highest BCUT2D eigenvalue weighted by Crippen LogP contribution is 2.27. The van der Waals surface area contributed by atoms with E-state index in [1.807, 2.05) is 19.9 Å². The second-order valence-corrected chi connectivity index (χ2v) is 5.71. The first-order valence-corrected chi connectivity index (χ1v) is 8.19. The summed E-state index contributed by atoms with van der Waals surface area (Å²) in [7, 11) is 0. The summed E-state index contributed by atoms with van der Waals surface area (Å²) in [4.78, 5) is 4.79. The van der Waals surface area contributed by atoms with Gasteiger partial charge < -0.3 is 5.32 Å². The van der Waals surface area contributed by atoms with Crippen molar-refractivity contribution in [1.82, 2.24) is 0 Å². The molecule has 21 heavy (non-hydrogen) atoms. The average molecular weight is 345 g/mol. The fourth-order valence-electron chi connectivity index (χ4n) is 2.31. The maximum atomic E-state index is 4.79. The minimum atomic E-state index is 0.348. The number of aliphatic imine (C=N–C) groups is 1. The largest absolute Gasteiger partial charge is 0.380 e. The highest BCUT2D eigenvalue weighted by molar-refractivity contribution is 9.10.